The normalized spacial score (nSPS) is 17.0. The van der Waals surface area contributed by atoms with Crippen molar-refractivity contribution in [3.8, 4) is 5.88 Å². The van der Waals surface area contributed by atoms with Crippen LogP contribution in [0.3, 0.4) is 0 Å². The maximum absolute atomic E-state index is 13.7. The molecule has 0 N–H and O–H groups in total. The second kappa shape index (κ2) is 6.21. The van der Waals surface area contributed by atoms with Crippen LogP contribution in [0.4, 0.5) is 15.9 Å². The van der Waals surface area contributed by atoms with Crippen molar-refractivity contribution in [1.82, 2.24) is 19.6 Å². The van der Waals surface area contributed by atoms with Crippen LogP contribution in [0.25, 0.3) is 5.65 Å². The van der Waals surface area contributed by atoms with E-state index in [4.69, 9.17) is 4.74 Å². The van der Waals surface area contributed by atoms with E-state index in [-0.39, 0.29) is 17.4 Å². The third-order valence-corrected chi connectivity index (χ3v) is 4.48. The quantitative estimate of drug-likeness (QED) is 0.522. The molecule has 4 rings (SSSR count). The molecule has 9 nitrogen and oxygen atoms in total. The summed E-state index contributed by atoms with van der Waals surface area (Å²) in [6.45, 7) is 0.690. The van der Waals surface area contributed by atoms with Crippen LogP contribution in [0.15, 0.2) is 30.7 Å². The molecule has 0 spiro atoms. The molecule has 134 valence electrons. The first kappa shape index (κ1) is 16.2. The lowest BCUT2D eigenvalue weighted by Gasteiger charge is -2.26. The third kappa shape index (κ3) is 2.59. The molecule has 0 amide bonds. The minimum absolute atomic E-state index is 0.160. The molecule has 4 heterocycles. The number of nitro groups is 1. The lowest BCUT2D eigenvalue weighted by Crippen LogP contribution is -2.24. The van der Waals surface area contributed by atoms with Gasteiger partial charge in [0.05, 0.1) is 24.3 Å². The molecule has 3 aromatic heterocycles. The van der Waals surface area contributed by atoms with Crippen molar-refractivity contribution in [1.29, 1.82) is 0 Å². The van der Waals surface area contributed by atoms with E-state index in [1.165, 1.54) is 23.9 Å². The number of methoxy groups -OCH3 is 1. The number of aromatic nitrogens is 4. The van der Waals surface area contributed by atoms with Gasteiger partial charge in [-0.05, 0) is 25.0 Å². The first-order chi connectivity index (χ1) is 12.6. The minimum atomic E-state index is -0.514. The van der Waals surface area contributed by atoms with Crippen molar-refractivity contribution < 1.29 is 14.1 Å². The topological polar surface area (TPSA) is 98.7 Å². The van der Waals surface area contributed by atoms with Crippen molar-refractivity contribution >= 4 is 17.2 Å². The summed E-state index contributed by atoms with van der Waals surface area (Å²) < 4.78 is 20.4. The van der Waals surface area contributed by atoms with Crippen LogP contribution in [0, 0.1) is 15.9 Å². The number of hydrogen-bond acceptors (Lipinski definition) is 7. The van der Waals surface area contributed by atoms with Gasteiger partial charge in [0.1, 0.15) is 17.8 Å². The number of rotatable bonds is 4. The fourth-order valence-electron chi connectivity index (χ4n) is 3.35. The Bertz CT molecular complexity index is 991. The number of anilines is 1. The number of nitrogens with zero attached hydrogens (tertiary/aromatic N) is 6. The Labute approximate surface area is 147 Å². The van der Waals surface area contributed by atoms with Gasteiger partial charge >= 0.3 is 5.69 Å². The SMILES string of the molecule is COc1ncc(F)cc1C1CCCN1c1ccn2ncc([N+](=O)[O-])c2n1. The summed E-state index contributed by atoms with van der Waals surface area (Å²) in [5, 5.41) is 15.1. The van der Waals surface area contributed by atoms with Crippen LogP contribution in [0.2, 0.25) is 0 Å². The van der Waals surface area contributed by atoms with Crippen LogP contribution in [-0.2, 0) is 0 Å². The minimum Gasteiger partial charge on any atom is -0.481 e. The maximum atomic E-state index is 13.7. The first-order valence-electron chi connectivity index (χ1n) is 8.03. The molecule has 1 unspecified atom stereocenters. The fourth-order valence-corrected chi connectivity index (χ4v) is 3.35. The Balaban J connectivity index is 1.77. The lowest BCUT2D eigenvalue weighted by atomic mass is 10.1. The Kier molecular flexibility index (Phi) is 3.86. The summed E-state index contributed by atoms with van der Waals surface area (Å²) in [6, 6.07) is 2.97. The molecule has 1 aliphatic rings. The summed E-state index contributed by atoms with van der Waals surface area (Å²) in [4.78, 5) is 21.0. The summed E-state index contributed by atoms with van der Waals surface area (Å²) in [5.74, 6) is 0.483. The molecule has 3 aromatic rings. The molecule has 0 aromatic carbocycles. The van der Waals surface area contributed by atoms with E-state index in [1.54, 1.807) is 12.3 Å². The van der Waals surface area contributed by atoms with Crippen LogP contribution in [0.5, 0.6) is 5.88 Å². The van der Waals surface area contributed by atoms with Crippen molar-refractivity contribution in [3.05, 3.63) is 52.2 Å². The Morgan fingerprint density at radius 2 is 2.27 bits per heavy atom. The zero-order valence-corrected chi connectivity index (χ0v) is 13.9. The van der Waals surface area contributed by atoms with Gasteiger partial charge in [0.2, 0.25) is 11.5 Å². The van der Waals surface area contributed by atoms with Gasteiger partial charge in [0.25, 0.3) is 0 Å². The van der Waals surface area contributed by atoms with Gasteiger partial charge in [-0.25, -0.2) is 18.9 Å². The largest absolute Gasteiger partial charge is 0.481 e. The van der Waals surface area contributed by atoms with Gasteiger partial charge in [-0.2, -0.15) is 5.10 Å². The van der Waals surface area contributed by atoms with Gasteiger partial charge < -0.3 is 9.64 Å². The fraction of sp³-hybridized carbons (Fsp3) is 0.312. The molecule has 1 saturated heterocycles. The van der Waals surface area contributed by atoms with E-state index >= 15 is 0 Å². The average Bonchev–Trinajstić information content (AvgIpc) is 3.28. The number of hydrogen-bond donors (Lipinski definition) is 0. The zero-order valence-electron chi connectivity index (χ0n) is 13.9. The molecule has 1 atom stereocenters. The highest BCUT2D eigenvalue weighted by molar-refractivity contribution is 5.61. The molecule has 10 heteroatoms. The maximum Gasteiger partial charge on any atom is 0.333 e. The van der Waals surface area contributed by atoms with E-state index < -0.39 is 10.7 Å². The van der Waals surface area contributed by atoms with Gasteiger partial charge in [-0.3, -0.25) is 10.1 Å². The van der Waals surface area contributed by atoms with Crippen LogP contribution < -0.4 is 9.64 Å². The van der Waals surface area contributed by atoms with Crippen LogP contribution in [-0.4, -0.2) is 38.2 Å². The molecular formula is C16H15FN6O3. The molecular weight excluding hydrogens is 343 g/mol. The Hall–Kier alpha value is -3.30. The lowest BCUT2D eigenvalue weighted by molar-refractivity contribution is -0.383. The molecule has 26 heavy (non-hydrogen) atoms. The van der Waals surface area contributed by atoms with Crippen molar-refractivity contribution in [2.24, 2.45) is 0 Å². The van der Waals surface area contributed by atoms with Gasteiger partial charge in [-0.1, -0.05) is 0 Å². The van der Waals surface area contributed by atoms with E-state index in [2.05, 4.69) is 15.1 Å². The van der Waals surface area contributed by atoms with Crippen molar-refractivity contribution in [2.75, 3.05) is 18.6 Å². The van der Waals surface area contributed by atoms with E-state index in [0.717, 1.165) is 19.0 Å². The highest BCUT2D eigenvalue weighted by atomic mass is 19.1. The number of fused-ring (bicyclic) bond motifs is 1. The van der Waals surface area contributed by atoms with Crippen LogP contribution in [0.1, 0.15) is 24.4 Å². The Morgan fingerprint density at radius 3 is 3.04 bits per heavy atom. The second-order valence-electron chi connectivity index (χ2n) is 5.94. The van der Waals surface area contributed by atoms with Gasteiger partial charge in [0.15, 0.2) is 0 Å². The molecule has 1 fully saturated rings. The van der Waals surface area contributed by atoms with E-state index in [9.17, 15) is 14.5 Å². The summed E-state index contributed by atoms with van der Waals surface area (Å²) >= 11 is 0. The van der Waals surface area contributed by atoms with Crippen LogP contribution >= 0.6 is 0 Å². The average molecular weight is 358 g/mol. The zero-order chi connectivity index (χ0) is 18.3. The summed E-state index contributed by atoms with van der Waals surface area (Å²) in [5.41, 5.74) is 0.643. The first-order valence-corrected chi connectivity index (χ1v) is 8.03. The molecule has 0 aliphatic carbocycles. The summed E-state index contributed by atoms with van der Waals surface area (Å²) in [6.07, 6.45) is 5.56. The predicted molar refractivity (Wildman–Crippen MR) is 89.7 cm³/mol. The monoisotopic (exact) mass is 358 g/mol. The predicted octanol–water partition coefficient (Wildman–Crippen LogP) is 2.52. The number of halogens is 1. The highest BCUT2D eigenvalue weighted by Crippen LogP contribution is 2.39. The van der Waals surface area contributed by atoms with Crippen molar-refractivity contribution in [3.63, 3.8) is 0 Å². The number of ether oxygens (including phenoxy) is 1. The smallest absolute Gasteiger partial charge is 0.333 e. The van der Waals surface area contributed by atoms with Gasteiger partial charge in [0, 0.05) is 18.3 Å². The molecule has 0 radical (unpaired) electrons. The number of pyridine rings is 1. The molecule has 1 aliphatic heterocycles. The standard InChI is InChI=1S/C16H15FN6O3/c1-26-16-11(7-10(17)8-18-16)12-3-2-5-21(12)14-4-6-22-15(20-14)13(9-19-22)23(24)25/h4,6-9,12H,2-3,5H2,1H3. The Morgan fingerprint density at radius 1 is 1.42 bits per heavy atom. The van der Waals surface area contributed by atoms with Crippen molar-refractivity contribution in [2.45, 2.75) is 18.9 Å². The van der Waals surface area contributed by atoms with E-state index in [1.807, 2.05) is 4.90 Å². The van der Waals surface area contributed by atoms with E-state index in [0.29, 0.717) is 23.8 Å². The highest BCUT2D eigenvalue weighted by Gasteiger charge is 2.31. The third-order valence-electron chi connectivity index (χ3n) is 4.48. The second-order valence-corrected chi connectivity index (χ2v) is 5.94. The molecule has 0 bridgehead atoms. The van der Waals surface area contributed by atoms with Gasteiger partial charge in [-0.15, -0.1) is 0 Å². The summed E-state index contributed by atoms with van der Waals surface area (Å²) in [7, 11) is 1.49. The molecule has 0 saturated carbocycles.